The van der Waals surface area contributed by atoms with E-state index >= 15 is 0 Å². The molecule has 0 aromatic heterocycles. The molecular formula is C13H18N2S. The average Bonchev–Trinajstić information content (AvgIpc) is 2.24. The lowest BCUT2D eigenvalue weighted by molar-refractivity contribution is 0.482. The average molecular weight is 234 g/mol. The van der Waals surface area contributed by atoms with E-state index in [0.717, 1.165) is 28.3 Å². The molecule has 0 bridgehead atoms. The molecule has 0 aliphatic rings. The number of nitriles is 1. The molecule has 16 heavy (non-hydrogen) atoms. The van der Waals surface area contributed by atoms with Gasteiger partial charge in [-0.15, -0.1) is 11.8 Å². The van der Waals surface area contributed by atoms with E-state index in [-0.39, 0.29) is 5.41 Å². The van der Waals surface area contributed by atoms with Crippen LogP contribution in [0.3, 0.4) is 0 Å². The Hall–Kier alpha value is -1.14. The number of hydrogen-bond acceptors (Lipinski definition) is 3. The Morgan fingerprint density at radius 2 is 2.12 bits per heavy atom. The molecule has 0 aliphatic carbocycles. The van der Waals surface area contributed by atoms with E-state index < -0.39 is 0 Å². The normalized spacial score (nSPS) is 11.1. The first-order valence-corrected chi connectivity index (χ1v) is 6.34. The highest BCUT2D eigenvalue weighted by Crippen LogP contribution is 2.30. The highest BCUT2D eigenvalue weighted by Gasteiger charge is 2.16. The molecule has 0 saturated heterocycles. The van der Waals surface area contributed by atoms with Crippen LogP contribution in [0.5, 0.6) is 0 Å². The van der Waals surface area contributed by atoms with Crippen molar-refractivity contribution in [2.24, 2.45) is 5.41 Å². The van der Waals surface area contributed by atoms with Crippen LogP contribution >= 0.6 is 11.8 Å². The SMILES string of the molecule is Cc1cccc(SCCC(C)(C)C#N)c1N. The molecule has 86 valence electrons. The molecule has 1 rings (SSSR count). The Morgan fingerprint density at radius 1 is 1.44 bits per heavy atom. The molecule has 0 aliphatic heterocycles. The lowest BCUT2D eigenvalue weighted by Crippen LogP contribution is -2.08. The summed E-state index contributed by atoms with van der Waals surface area (Å²) in [5.41, 5.74) is 7.71. The molecule has 0 radical (unpaired) electrons. The number of para-hydroxylation sites is 1. The molecule has 0 heterocycles. The zero-order valence-electron chi connectivity index (χ0n) is 10.1. The van der Waals surface area contributed by atoms with Crippen molar-refractivity contribution in [3.63, 3.8) is 0 Å². The summed E-state index contributed by atoms with van der Waals surface area (Å²) in [6.07, 6.45) is 0.877. The maximum absolute atomic E-state index is 8.91. The second-order valence-electron chi connectivity index (χ2n) is 4.58. The summed E-state index contributed by atoms with van der Waals surface area (Å²) < 4.78 is 0. The molecule has 2 N–H and O–H groups in total. The van der Waals surface area contributed by atoms with E-state index in [1.807, 2.05) is 39.0 Å². The first kappa shape index (κ1) is 12.9. The predicted octanol–water partition coefficient (Wildman–Crippen LogP) is 3.61. The van der Waals surface area contributed by atoms with Crippen molar-refractivity contribution in [3.8, 4) is 6.07 Å². The van der Waals surface area contributed by atoms with Crippen molar-refractivity contribution >= 4 is 17.4 Å². The molecule has 3 heteroatoms. The molecule has 1 aromatic carbocycles. The van der Waals surface area contributed by atoms with Crippen LogP contribution < -0.4 is 5.73 Å². The minimum absolute atomic E-state index is 0.244. The van der Waals surface area contributed by atoms with E-state index in [2.05, 4.69) is 6.07 Å². The summed E-state index contributed by atoms with van der Waals surface area (Å²) in [5.74, 6) is 0.925. The number of hydrogen-bond donors (Lipinski definition) is 1. The summed E-state index contributed by atoms with van der Waals surface area (Å²) in [7, 11) is 0. The summed E-state index contributed by atoms with van der Waals surface area (Å²) in [4.78, 5) is 1.12. The molecule has 0 amide bonds. The van der Waals surface area contributed by atoms with Gasteiger partial charge in [0.1, 0.15) is 0 Å². The third kappa shape index (κ3) is 3.46. The minimum Gasteiger partial charge on any atom is -0.398 e. The van der Waals surface area contributed by atoms with Crippen molar-refractivity contribution in [1.29, 1.82) is 5.26 Å². The predicted molar refractivity (Wildman–Crippen MR) is 70.3 cm³/mol. The summed E-state index contributed by atoms with van der Waals surface area (Å²) in [6.45, 7) is 5.94. The van der Waals surface area contributed by atoms with Crippen LogP contribution in [0.25, 0.3) is 0 Å². The number of nitrogens with zero attached hydrogens (tertiary/aromatic N) is 1. The zero-order chi connectivity index (χ0) is 12.2. The maximum Gasteiger partial charge on any atom is 0.0684 e. The van der Waals surface area contributed by atoms with Crippen LogP contribution in [0, 0.1) is 23.7 Å². The fourth-order valence-electron chi connectivity index (χ4n) is 1.25. The van der Waals surface area contributed by atoms with Gasteiger partial charge in [0, 0.05) is 10.6 Å². The molecule has 1 aromatic rings. The van der Waals surface area contributed by atoms with Gasteiger partial charge in [0.25, 0.3) is 0 Å². The van der Waals surface area contributed by atoms with Crippen molar-refractivity contribution < 1.29 is 0 Å². The number of rotatable bonds is 4. The van der Waals surface area contributed by atoms with Gasteiger partial charge in [-0.1, -0.05) is 12.1 Å². The van der Waals surface area contributed by atoms with Crippen LogP contribution in [-0.4, -0.2) is 5.75 Å². The maximum atomic E-state index is 8.91. The molecular weight excluding hydrogens is 216 g/mol. The van der Waals surface area contributed by atoms with Crippen LogP contribution in [0.4, 0.5) is 5.69 Å². The van der Waals surface area contributed by atoms with Crippen molar-refractivity contribution in [2.45, 2.75) is 32.1 Å². The van der Waals surface area contributed by atoms with Gasteiger partial charge in [0.15, 0.2) is 0 Å². The van der Waals surface area contributed by atoms with Gasteiger partial charge in [0.05, 0.1) is 11.5 Å². The van der Waals surface area contributed by atoms with Crippen molar-refractivity contribution in [3.05, 3.63) is 23.8 Å². The Balaban J connectivity index is 2.57. The lowest BCUT2D eigenvalue weighted by atomic mass is 9.93. The van der Waals surface area contributed by atoms with Gasteiger partial charge >= 0.3 is 0 Å². The van der Waals surface area contributed by atoms with Crippen molar-refractivity contribution in [2.75, 3.05) is 11.5 Å². The lowest BCUT2D eigenvalue weighted by Gasteiger charge is -2.14. The van der Waals surface area contributed by atoms with Gasteiger partial charge in [-0.25, -0.2) is 0 Å². The topological polar surface area (TPSA) is 49.8 Å². The van der Waals surface area contributed by atoms with E-state index in [1.165, 1.54) is 0 Å². The smallest absolute Gasteiger partial charge is 0.0684 e. The van der Waals surface area contributed by atoms with E-state index in [0.29, 0.717) is 0 Å². The number of nitrogen functional groups attached to an aromatic ring is 1. The van der Waals surface area contributed by atoms with Crippen LogP contribution in [0.1, 0.15) is 25.8 Å². The van der Waals surface area contributed by atoms with E-state index in [4.69, 9.17) is 11.0 Å². The second kappa shape index (κ2) is 5.27. The molecule has 0 fully saturated rings. The van der Waals surface area contributed by atoms with Crippen molar-refractivity contribution in [1.82, 2.24) is 0 Å². The number of benzene rings is 1. The number of anilines is 1. The fourth-order valence-corrected chi connectivity index (χ4v) is 2.58. The highest BCUT2D eigenvalue weighted by atomic mass is 32.2. The third-order valence-corrected chi connectivity index (χ3v) is 3.65. The molecule has 0 spiro atoms. The van der Waals surface area contributed by atoms with Gasteiger partial charge in [-0.05, 0) is 44.6 Å². The standard InChI is InChI=1S/C13H18N2S/c1-10-5-4-6-11(12(10)15)16-8-7-13(2,3)9-14/h4-6H,7-8,15H2,1-3H3. The second-order valence-corrected chi connectivity index (χ2v) is 5.72. The van der Waals surface area contributed by atoms with Crippen LogP contribution in [-0.2, 0) is 0 Å². The van der Waals surface area contributed by atoms with Gasteiger partial charge in [0.2, 0.25) is 0 Å². The Bertz CT molecular complexity index is 405. The summed E-state index contributed by atoms with van der Waals surface area (Å²) in [5, 5.41) is 8.91. The molecule has 0 saturated carbocycles. The zero-order valence-corrected chi connectivity index (χ0v) is 10.9. The van der Waals surface area contributed by atoms with Gasteiger partial charge in [-0.2, -0.15) is 5.26 Å². The largest absolute Gasteiger partial charge is 0.398 e. The molecule has 0 atom stereocenters. The molecule has 0 unspecified atom stereocenters. The summed E-state index contributed by atoms with van der Waals surface area (Å²) in [6, 6.07) is 8.37. The number of nitrogens with two attached hydrogens (primary N) is 1. The van der Waals surface area contributed by atoms with E-state index in [9.17, 15) is 0 Å². The monoisotopic (exact) mass is 234 g/mol. The van der Waals surface area contributed by atoms with E-state index in [1.54, 1.807) is 11.8 Å². The Kier molecular flexibility index (Phi) is 4.26. The van der Waals surface area contributed by atoms with Gasteiger partial charge < -0.3 is 5.73 Å². The number of aryl methyl sites for hydroxylation is 1. The van der Waals surface area contributed by atoms with Crippen LogP contribution in [0.2, 0.25) is 0 Å². The molecule has 2 nitrogen and oxygen atoms in total. The first-order valence-electron chi connectivity index (χ1n) is 5.35. The summed E-state index contributed by atoms with van der Waals surface area (Å²) >= 11 is 1.73. The van der Waals surface area contributed by atoms with Crippen LogP contribution in [0.15, 0.2) is 23.1 Å². The highest BCUT2D eigenvalue weighted by molar-refractivity contribution is 7.99. The first-order chi connectivity index (χ1) is 7.46. The number of thioether (sulfide) groups is 1. The quantitative estimate of drug-likeness (QED) is 0.639. The van der Waals surface area contributed by atoms with Gasteiger partial charge in [-0.3, -0.25) is 0 Å². The fraction of sp³-hybridized carbons (Fsp3) is 0.462. The Labute approximate surface area is 102 Å². The Morgan fingerprint density at radius 3 is 2.75 bits per heavy atom. The third-order valence-electron chi connectivity index (χ3n) is 2.57. The minimum atomic E-state index is -0.244.